The molecule has 0 amide bonds. The Bertz CT molecular complexity index is 1210. The molecule has 0 fully saturated rings. The number of halogens is 1. The number of carbonyl (C=O) groups is 1. The molecule has 0 radical (unpaired) electrons. The molecule has 2 heterocycles. The van der Waals surface area contributed by atoms with Crippen LogP contribution in [-0.4, -0.2) is 33.1 Å². The van der Waals surface area contributed by atoms with Gasteiger partial charge >= 0.3 is 5.97 Å². The third-order valence-electron chi connectivity index (χ3n) is 5.47. The minimum absolute atomic E-state index is 0.357. The molecule has 184 valence electrons. The molecule has 7 nitrogen and oxygen atoms in total. The number of ether oxygens (including phenoxy) is 2. The van der Waals surface area contributed by atoms with E-state index in [0.717, 1.165) is 29.7 Å². The number of carbonyl (C=O) groups excluding carboxylic acids is 1. The standard InChI is InChI=1S/C26H29ClN4O3S/c1-4-14-33-24(32)22-17(3)28-25-29-26(35-15-5-2)30-31(25)23(22)18-10-12-20(13-11-18)34-16-19-8-6-7-9-21(19)27/h6-13,23H,4-5,14-16H2,1-3H3,(H,28,29,30). The highest BCUT2D eigenvalue weighted by molar-refractivity contribution is 7.99. The average molecular weight is 513 g/mol. The first-order chi connectivity index (χ1) is 17.0. The van der Waals surface area contributed by atoms with E-state index in [1.807, 2.05) is 62.4 Å². The van der Waals surface area contributed by atoms with Crippen LogP contribution in [0.3, 0.4) is 0 Å². The van der Waals surface area contributed by atoms with E-state index in [1.165, 1.54) is 0 Å². The second kappa shape index (κ2) is 11.6. The lowest BCUT2D eigenvalue weighted by Crippen LogP contribution is -2.29. The molecule has 1 aliphatic rings. The SMILES string of the molecule is CCCOC(=O)C1=C(C)Nc2nc(SCCC)nn2C1c1ccc(OCc2ccccc2Cl)cc1. The van der Waals surface area contributed by atoms with Gasteiger partial charge in [0.25, 0.3) is 0 Å². The summed E-state index contributed by atoms with van der Waals surface area (Å²) in [6.07, 6.45) is 1.77. The van der Waals surface area contributed by atoms with Gasteiger partial charge in [-0.3, -0.25) is 0 Å². The fourth-order valence-corrected chi connectivity index (χ4v) is 4.63. The number of hydrogen-bond donors (Lipinski definition) is 1. The van der Waals surface area contributed by atoms with Crippen molar-refractivity contribution in [3.05, 3.63) is 76.0 Å². The molecule has 0 saturated carbocycles. The lowest BCUT2D eigenvalue weighted by Gasteiger charge is -2.28. The van der Waals surface area contributed by atoms with Gasteiger partial charge in [-0.15, -0.1) is 5.10 Å². The van der Waals surface area contributed by atoms with Crippen molar-refractivity contribution in [2.45, 2.75) is 51.4 Å². The zero-order valence-electron chi connectivity index (χ0n) is 20.1. The van der Waals surface area contributed by atoms with Crippen LogP contribution in [0.5, 0.6) is 5.75 Å². The Balaban J connectivity index is 1.63. The van der Waals surface area contributed by atoms with E-state index in [0.29, 0.717) is 46.4 Å². The van der Waals surface area contributed by atoms with Crippen molar-refractivity contribution >= 4 is 35.3 Å². The number of fused-ring (bicyclic) bond motifs is 1. The number of hydrogen-bond acceptors (Lipinski definition) is 7. The number of rotatable bonds is 10. The molecule has 1 atom stereocenters. The fraction of sp³-hybridized carbons (Fsp3) is 0.346. The smallest absolute Gasteiger partial charge is 0.338 e. The van der Waals surface area contributed by atoms with E-state index in [4.69, 9.17) is 26.2 Å². The van der Waals surface area contributed by atoms with Crippen LogP contribution in [0.4, 0.5) is 5.95 Å². The van der Waals surface area contributed by atoms with Gasteiger partial charge in [0.2, 0.25) is 11.1 Å². The molecule has 0 saturated heterocycles. The van der Waals surface area contributed by atoms with E-state index >= 15 is 0 Å². The van der Waals surface area contributed by atoms with E-state index < -0.39 is 6.04 Å². The molecule has 3 aromatic rings. The lowest BCUT2D eigenvalue weighted by atomic mass is 9.96. The third kappa shape index (κ3) is 5.82. The number of benzene rings is 2. The normalized spacial score (nSPS) is 14.9. The van der Waals surface area contributed by atoms with Crippen LogP contribution in [0.1, 0.15) is 50.8 Å². The summed E-state index contributed by atoms with van der Waals surface area (Å²) in [5.41, 5.74) is 3.03. The zero-order chi connectivity index (χ0) is 24.8. The number of nitrogens with one attached hydrogen (secondary N) is 1. The van der Waals surface area contributed by atoms with Gasteiger partial charge in [0.1, 0.15) is 18.4 Å². The fourth-order valence-electron chi connectivity index (χ4n) is 3.75. The van der Waals surface area contributed by atoms with Crippen molar-refractivity contribution in [1.82, 2.24) is 14.8 Å². The third-order valence-corrected chi connectivity index (χ3v) is 6.89. The quantitative estimate of drug-likeness (QED) is 0.254. The van der Waals surface area contributed by atoms with E-state index in [-0.39, 0.29) is 5.97 Å². The number of anilines is 1. The van der Waals surface area contributed by atoms with Crippen LogP contribution >= 0.6 is 23.4 Å². The Kier molecular flexibility index (Phi) is 8.36. The molecule has 35 heavy (non-hydrogen) atoms. The predicted octanol–water partition coefficient (Wildman–Crippen LogP) is 6.25. The Labute approximate surface area is 214 Å². The molecule has 4 rings (SSSR count). The van der Waals surface area contributed by atoms with Crippen LogP contribution in [-0.2, 0) is 16.1 Å². The maximum absolute atomic E-state index is 13.1. The average Bonchev–Trinajstić information content (AvgIpc) is 3.27. The second-order valence-electron chi connectivity index (χ2n) is 8.16. The monoisotopic (exact) mass is 512 g/mol. The summed E-state index contributed by atoms with van der Waals surface area (Å²) in [5, 5.41) is 9.30. The van der Waals surface area contributed by atoms with Gasteiger partial charge in [-0.05, 0) is 43.5 Å². The Morgan fingerprint density at radius 3 is 2.63 bits per heavy atom. The summed E-state index contributed by atoms with van der Waals surface area (Å²) in [6.45, 7) is 6.68. The first-order valence-electron chi connectivity index (χ1n) is 11.7. The van der Waals surface area contributed by atoms with Crippen LogP contribution in [0.15, 0.2) is 65.0 Å². The van der Waals surface area contributed by atoms with E-state index in [1.54, 1.807) is 16.4 Å². The van der Waals surface area contributed by atoms with Gasteiger partial charge in [-0.25, -0.2) is 9.48 Å². The van der Waals surface area contributed by atoms with Gasteiger partial charge < -0.3 is 14.8 Å². The van der Waals surface area contributed by atoms with Crippen molar-refractivity contribution in [1.29, 1.82) is 0 Å². The second-order valence-corrected chi connectivity index (χ2v) is 9.63. The Morgan fingerprint density at radius 1 is 1.14 bits per heavy atom. The molecule has 0 aliphatic carbocycles. The first-order valence-corrected chi connectivity index (χ1v) is 13.1. The van der Waals surface area contributed by atoms with Crippen molar-refractivity contribution in [3.63, 3.8) is 0 Å². The van der Waals surface area contributed by atoms with E-state index in [9.17, 15) is 4.79 Å². The van der Waals surface area contributed by atoms with Crippen LogP contribution in [0, 0.1) is 0 Å². The zero-order valence-corrected chi connectivity index (χ0v) is 21.7. The summed E-state index contributed by atoms with van der Waals surface area (Å²) >= 11 is 7.84. The van der Waals surface area contributed by atoms with Gasteiger partial charge in [0.05, 0.1) is 12.2 Å². The predicted molar refractivity (Wildman–Crippen MR) is 139 cm³/mol. The highest BCUT2D eigenvalue weighted by Crippen LogP contribution is 2.37. The summed E-state index contributed by atoms with van der Waals surface area (Å²) in [5.74, 6) is 1.88. The summed E-state index contributed by atoms with van der Waals surface area (Å²) in [4.78, 5) is 17.7. The van der Waals surface area contributed by atoms with Crippen molar-refractivity contribution in [2.75, 3.05) is 17.7 Å². The van der Waals surface area contributed by atoms with Crippen molar-refractivity contribution < 1.29 is 14.3 Å². The van der Waals surface area contributed by atoms with Gasteiger partial charge in [-0.2, -0.15) is 4.98 Å². The molecule has 0 bridgehead atoms. The highest BCUT2D eigenvalue weighted by atomic mass is 35.5. The number of thioether (sulfide) groups is 1. The molecular weight excluding hydrogens is 484 g/mol. The topological polar surface area (TPSA) is 78.3 Å². The molecular formula is C26H29ClN4O3S. The number of nitrogens with zero attached hydrogens (tertiary/aromatic N) is 3. The summed E-state index contributed by atoms with van der Waals surface area (Å²) < 4.78 is 13.2. The maximum atomic E-state index is 13.1. The first kappa shape index (κ1) is 25.1. The highest BCUT2D eigenvalue weighted by Gasteiger charge is 2.35. The Hall–Kier alpha value is -2.97. The molecule has 0 spiro atoms. The minimum Gasteiger partial charge on any atom is -0.489 e. The number of aromatic nitrogens is 3. The maximum Gasteiger partial charge on any atom is 0.338 e. The van der Waals surface area contributed by atoms with Crippen molar-refractivity contribution in [3.8, 4) is 5.75 Å². The molecule has 1 unspecified atom stereocenters. The van der Waals surface area contributed by atoms with Crippen LogP contribution in [0.25, 0.3) is 0 Å². The lowest BCUT2D eigenvalue weighted by molar-refractivity contribution is -0.139. The molecule has 2 aromatic carbocycles. The van der Waals surface area contributed by atoms with Crippen LogP contribution in [0.2, 0.25) is 5.02 Å². The van der Waals surface area contributed by atoms with E-state index in [2.05, 4.69) is 17.2 Å². The minimum atomic E-state index is -0.461. The van der Waals surface area contributed by atoms with Gasteiger partial charge in [0.15, 0.2) is 0 Å². The van der Waals surface area contributed by atoms with Crippen LogP contribution < -0.4 is 10.1 Å². The van der Waals surface area contributed by atoms with Gasteiger partial charge in [0, 0.05) is 22.0 Å². The molecule has 9 heteroatoms. The van der Waals surface area contributed by atoms with Crippen molar-refractivity contribution in [2.24, 2.45) is 0 Å². The van der Waals surface area contributed by atoms with Gasteiger partial charge in [-0.1, -0.05) is 67.5 Å². The molecule has 1 aromatic heterocycles. The largest absolute Gasteiger partial charge is 0.489 e. The molecule has 1 aliphatic heterocycles. The number of esters is 1. The summed E-state index contributed by atoms with van der Waals surface area (Å²) in [7, 11) is 0. The Morgan fingerprint density at radius 2 is 1.91 bits per heavy atom. The summed E-state index contributed by atoms with van der Waals surface area (Å²) in [6, 6.07) is 14.8. The number of allylic oxidation sites excluding steroid dienone is 1. The molecule has 1 N–H and O–H groups in total.